The van der Waals surface area contributed by atoms with E-state index in [2.05, 4.69) is 4.99 Å². The smallest absolute Gasteiger partial charge is 0.423 e. The standard InChI is InChI=1S/C23H35F3N2O5/c1-7-20-32-12-21(4,13-33-20)11-31-14-22(29,23(24,25)26)17-9-16(3)18(10-19(17)30-6)27-15-28(5)8-2/h9-10,15,20,29H,7-8,11-14H2,1-6H3. The molecule has 0 radical (unpaired) electrons. The predicted molar refractivity (Wildman–Crippen MR) is 119 cm³/mol. The maximum Gasteiger partial charge on any atom is 0.423 e. The number of rotatable bonds is 10. The molecule has 1 saturated heterocycles. The van der Waals surface area contributed by atoms with Crippen LogP contribution in [0.1, 0.15) is 38.3 Å². The molecule has 0 aromatic heterocycles. The van der Waals surface area contributed by atoms with Crippen LogP contribution in [0.3, 0.4) is 0 Å². The van der Waals surface area contributed by atoms with Crippen LogP contribution in [0.2, 0.25) is 0 Å². The van der Waals surface area contributed by atoms with Gasteiger partial charge in [0, 0.05) is 30.6 Å². The van der Waals surface area contributed by atoms with E-state index in [1.165, 1.54) is 19.2 Å². The molecule has 0 amide bonds. The first kappa shape index (κ1) is 27.4. The highest BCUT2D eigenvalue weighted by Crippen LogP contribution is 2.45. The molecule has 1 aromatic rings. The zero-order valence-corrected chi connectivity index (χ0v) is 20.2. The van der Waals surface area contributed by atoms with Crippen LogP contribution in [-0.4, -0.2) is 75.9 Å². The van der Waals surface area contributed by atoms with Crippen molar-refractivity contribution >= 4 is 12.0 Å². The summed E-state index contributed by atoms with van der Waals surface area (Å²) in [7, 11) is 3.08. The summed E-state index contributed by atoms with van der Waals surface area (Å²) in [6.45, 7) is 7.51. The Morgan fingerprint density at radius 2 is 1.91 bits per heavy atom. The molecule has 0 saturated carbocycles. The van der Waals surface area contributed by atoms with Crippen molar-refractivity contribution in [3.8, 4) is 5.75 Å². The van der Waals surface area contributed by atoms with Gasteiger partial charge in [-0.05, 0) is 31.9 Å². The molecule has 1 aliphatic heterocycles. The summed E-state index contributed by atoms with van der Waals surface area (Å²) >= 11 is 0. The first-order chi connectivity index (χ1) is 15.4. The van der Waals surface area contributed by atoms with Crippen LogP contribution in [0.4, 0.5) is 18.9 Å². The first-order valence-electron chi connectivity index (χ1n) is 10.9. The molecule has 7 nitrogen and oxygen atoms in total. The second-order valence-corrected chi connectivity index (χ2v) is 8.78. The molecule has 1 aliphatic rings. The molecule has 2 rings (SSSR count). The zero-order valence-electron chi connectivity index (χ0n) is 20.2. The van der Waals surface area contributed by atoms with E-state index in [0.717, 1.165) is 6.54 Å². The Balaban J connectivity index is 2.28. The van der Waals surface area contributed by atoms with E-state index in [0.29, 0.717) is 17.7 Å². The van der Waals surface area contributed by atoms with Crippen LogP contribution in [0.25, 0.3) is 0 Å². The third kappa shape index (κ3) is 6.59. The number of aliphatic hydroxyl groups is 1. The van der Waals surface area contributed by atoms with Crippen molar-refractivity contribution in [1.82, 2.24) is 4.90 Å². The van der Waals surface area contributed by atoms with E-state index >= 15 is 0 Å². The number of nitrogens with zero attached hydrogens (tertiary/aromatic N) is 2. The average Bonchev–Trinajstić information content (AvgIpc) is 2.77. The third-order valence-electron chi connectivity index (χ3n) is 5.66. The number of aryl methyl sites for hydroxylation is 1. The van der Waals surface area contributed by atoms with Crippen molar-refractivity contribution < 1.29 is 37.2 Å². The fourth-order valence-corrected chi connectivity index (χ4v) is 3.31. The van der Waals surface area contributed by atoms with Crippen LogP contribution in [0.5, 0.6) is 5.75 Å². The van der Waals surface area contributed by atoms with E-state index in [1.54, 1.807) is 20.2 Å². The lowest BCUT2D eigenvalue weighted by atomic mass is 9.90. The van der Waals surface area contributed by atoms with Crippen molar-refractivity contribution in [3.05, 3.63) is 23.3 Å². The van der Waals surface area contributed by atoms with Crippen molar-refractivity contribution in [1.29, 1.82) is 0 Å². The molecular formula is C23H35F3N2O5. The fraction of sp³-hybridized carbons (Fsp3) is 0.696. The van der Waals surface area contributed by atoms with Gasteiger partial charge < -0.3 is 29.0 Å². The van der Waals surface area contributed by atoms with Gasteiger partial charge in [0.15, 0.2) is 6.29 Å². The number of hydrogen-bond acceptors (Lipinski definition) is 6. The second-order valence-electron chi connectivity index (χ2n) is 8.78. The normalized spacial score (nSPS) is 23.5. The summed E-state index contributed by atoms with van der Waals surface area (Å²) in [5, 5.41) is 10.9. The summed E-state index contributed by atoms with van der Waals surface area (Å²) in [6.07, 6.45) is -3.07. The SMILES string of the molecule is CCC1OCC(C)(COCC(O)(c2cc(C)c(N=CN(C)CC)cc2OC)C(F)(F)F)CO1. The summed E-state index contributed by atoms with van der Waals surface area (Å²) in [5.41, 5.74) is -3.42. The summed E-state index contributed by atoms with van der Waals surface area (Å²) in [4.78, 5) is 6.14. The summed E-state index contributed by atoms with van der Waals surface area (Å²) in [5.74, 6) is -0.128. The number of aliphatic imine (C=N–C) groups is 1. The fourth-order valence-electron chi connectivity index (χ4n) is 3.31. The molecule has 10 heteroatoms. The Hall–Kier alpha value is -1.88. The van der Waals surface area contributed by atoms with Crippen LogP contribution >= 0.6 is 0 Å². The monoisotopic (exact) mass is 476 g/mol. The number of benzene rings is 1. The van der Waals surface area contributed by atoms with Crippen LogP contribution < -0.4 is 4.74 Å². The minimum Gasteiger partial charge on any atom is -0.496 e. The molecule has 33 heavy (non-hydrogen) atoms. The third-order valence-corrected chi connectivity index (χ3v) is 5.66. The molecule has 0 spiro atoms. The van der Waals surface area contributed by atoms with E-state index in [-0.39, 0.29) is 31.9 Å². The molecule has 1 fully saturated rings. The van der Waals surface area contributed by atoms with Gasteiger partial charge in [-0.3, -0.25) is 0 Å². The minimum absolute atomic E-state index is 0.0746. The summed E-state index contributed by atoms with van der Waals surface area (Å²) < 4.78 is 64.2. The zero-order chi connectivity index (χ0) is 24.9. The van der Waals surface area contributed by atoms with Gasteiger partial charge in [0.2, 0.25) is 5.60 Å². The van der Waals surface area contributed by atoms with Gasteiger partial charge in [0.05, 0.1) is 45.6 Å². The molecule has 1 N–H and O–H groups in total. The van der Waals surface area contributed by atoms with E-state index in [9.17, 15) is 18.3 Å². The molecule has 1 unspecified atom stereocenters. The minimum atomic E-state index is -5.01. The lowest BCUT2D eigenvalue weighted by Gasteiger charge is -2.38. The van der Waals surface area contributed by atoms with Gasteiger partial charge in [-0.1, -0.05) is 13.8 Å². The van der Waals surface area contributed by atoms with Gasteiger partial charge >= 0.3 is 6.18 Å². The quantitative estimate of drug-likeness (QED) is 0.404. The van der Waals surface area contributed by atoms with Crippen molar-refractivity contribution in [3.63, 3.8) is 0 Å². The van der Waals surface area contributed by atoms with E-state index in [4.69, 9.17) is 18.9 Å². The van der Waals surface area contributed by atoms with Crippen LogP contribution in [-0.2, 0) is 19.8 Å². The number of methoxy groups -OCH3 is 1. The molecule has 1 heterocycles. The Kier molecular flexibility index (Phi) is 9.15. The van der Waals surface area contributed by atoms with Crippen molar-refractivity contribution in [2.24, 2.45) is 10.4 Å². The molecule has 0 bridgehead atoms. The highest BCUT2D eigenvalue weighted by Gasteiger charge is 2.57. The topological polar surface area (TPSA) is 72.8 Å². The first-order valence-corrected chi connectivity index (χ1v) is 10.9. The number of alkyl halides is 3. The average molecular weight is 477 g/mol. The maximum atomic E-state index is 14.1. The maximum absolute atomic E-state index is 14.1. The lowest BCUT2D eigenvalue weighted by molar-refractivity contribution is -0.288. The Morgan fingerprint density at radius 1 is 1.27 bits per heavy atom. The van der Waals surface area contributed by atoms with Gasteiger partial charge in [-0.15, -0.1) is 0 Å². The van der Waals surface area contributed by atoms with Gasteiger partial charge in [-0.25, -0.2) is 4.99 Å². The largest absolute Gasteiger partial charge is 0.496 e. The van der Waals surface area contributed by atoms with E-state index < -0.39 is 29.4 Å². The van der Waals surface area contributed by atoms with Crippen molar-refractivity contribution in [2.45, 2.75) is 52.2 Å². The number of hydrogen-bond donors (Lipinski definition) is 1. The Labute approximate surface area is 193 Å². The van der Waals surface area contributed by atoms with E-state index in [1.807, 2.05) is 25.8 Å². The Bertz CT molecular complexity index is 810. The Morgan fingerprint density at radius 3 is 2.42 bits per heavy atom. The predicted octanol–water partition coefficient (Wildman–Crippen LogP) is 4.17. The highest BCUT2D eigenvalue weighted by atomic mass is 19.4. The van der Waals surface area contributed by atoms with Gasteiger partial charge in [0.25, 0.3) is 0 Å². The lowest BCUT2D eigenvalue weighted by Crippen LogP contribution is -2.48. The number of halogens is 3. The molecule has 188 valence electrons. The number of ether oxygens (including phenoxy) is 4. The van der Waals surface area contributed by atoms with Gasteiger partial charge in [-0.2, -0.15) is 13.2 Å². The van der Waals surface area contributed by atoms with Crippen LogP contribution in [0, 0.1) is 12.3 Å². The summed E-state index contributed by atoms with van der Waals surface area (Å²) in [6, 6.07) is 2.63. The van der Waals surface area contributed by atoms with Crippen molar-refractivity contribution in [2.75, 3.05) is 47.1 Å². The molecule has 1 aromatic carbocycles. The molecular weight excluding hydrogens is 441 g/mol. The van der Waals surface area contributed by atoms with Gasteiger partial charge in [0.1, 0.15) is 5.75 Å². The molecule has 0 aliphatic carbocycles. The van der Waals surface area contributed by atoms with Crippen LogP contribution in [0.15, 0.2) is 17.1 Å². The second kappa shape index (κ2) is 11.0. The highest BCUT2D eigenvalue weighted by molar-refractivity contribution is 5.65. The molecule has 1 atom stereocenters.